The van der Waals surface area contributed by atoms with Crippen molar-refractivity contribution in [3.8, 4) is 5.88 Å². The first kappa shape index (κ1) is 22.1. The number of nitrogens with one attached hydrogen (secondary N) is 3. The second-order valence-electron chi connectivity index (χ2n) is 8.49. The minimum atomic E-state index is 0.0553. The van der Waals surface area contributed by atoms with Gasteiger partial charge in [-0.15, -0.1) is 0 Å². The van der Waals surface area contributed by atoms with E-state index in [1.165, 1.54) is 19.3 Å². The maximum Gasteiger partial charge on any atom is 0.225 e. The van der Waals surface area contributed by atoms with E-state index in [4.69, 9.17) is 9.73 Å². The van der Waals surface area contributed by atoms with Gasteiger partial charge in [-0.2, -0.15) is 0 Å². The van der Waals surface area contributed by atoms with E-state index in [0.29, 0.717) is 25.4 Å². The van der Waals surface area contributed by atoms with E-state index in [2.05, 4.69) is 27.0 Å². The van der Waals surface area contributed by atoms with Crippen LogP contribution in [0.3, 0.4) is 0 Å². The Kier molecular flexibility index (Phi) is 7.59. The van der Waals surface area contributed by atoms with Crippen molar-refractivity contribution in [3.05, 3.63) is 53.7 Å². The van der Waals surface area contributed by atoms with Crippen molar-refractivity contribution in [2.45, 2.75) is 64.0 Å². The molecule has 4 rings (SSSR count). The smallest absolute Gasteiger partial charge is 0.225 e. The lowest BCUT2D eigenvalue weighted by atomic mass is 9.90. The van der Waals surface area contributed by atoms with Gasteiger partial charge in [0.25, 0.3) is 0 Å². The highest BCUT2D eigenvalue weighted by atomic mass is 16.5. The Bertz CT molecular complexity index is 939. The number of anilines is 1. The van der Waals surface area contributed by atoms with E-state index < -0.39 is 0 Å². The number of carbonyl (C=O) groups is 1. The van der Waals surface area contributed by atoms with E-state index >= 15 is 0 Å². The number of ether oxygens (including phenoxy) is 1. The molecule has 0 radical (unpaired) electrons. The number of pyridine rings is 1. The summed E-state index contributed by atoms with van der Waals surface area (Å²) in [5.74, 6) is 1.59. The quantitative estimate of drug-likeness (QED) is 0.452. The maximum absolute atomic E-state index is 12.1. The lowest BCUT2D eigenvalue weighted by Gasteiger charge is -2.26. The molecule has 170 valence electrons. The molecule has 0 saturated heterocycles. The topological polar surface area (TPSA) is 87.6 Å². The minimum absolute atomic E-state index is 0.0553. The zero-order valence-electron chi connectivity index (χ0n) is 18.8. The highest BCUT2D eigenvalue weighted by molar-refractivity contribution is 5.94. The van der Waals surface area contributed by atoms with Gasteiger partial charge in [-0.05, 0) is 55.9 Å². The second kappa shape index (κ2) is 11.0. The number of guanidine groups is 1. The number of fused-ring (bicyclic) bond motifs is 1. The van der Waals surface area contributed by atoms with Gasteiger partial charge in [0.2, 0.25) is 11.8 Å². The van der Waals surface area contributed by atoms with Gasteiger partial charge in [0.15, 0.2) is 5.96 Å². The Morgan fingerprint density at radius 2 is 2.03 bits per heavy atom. The summed E-state index contributed by atoms with van der Waals surface area (Å²) in [6.07, 6.45) is 8.54. The third kappa shape index (κ3) is 5.99. The van der Waals surface area contributed by atoms with Gasteiger partial charge < -0.3 is 20.7 Å². The largest absolute Gasteiger partial charge is 0.474 e. The number of carbonyl (C=O) groups excluding carboxylic acids is 1. The predicted molar refractivity (Wildman–Crippen MR) is 127 cm³/mol. The molecule has 32 heavy (non-hydrogen) atoms. The molecule has 7 heteroatoms. The fraction of sp³-hybridized carbons (Fsp3) is 0.480. The van der Waals surface area contributed by atoms with Crippen LogP contribution in [0.4, 0.5) is 5.69 Å². The van der Waals surface area contributed by atoms with Crippen LogP contribution < -0.4 is 20.7 Å². The normalized spacial score (nSPS) is 19.1. The van der Waals surface area contributed by atoms with Crippen molar-refractivity contribution >= 4 is 17.6 Å². The summed E-state index contributed by atoms with van der Waals surface area (Å²) < 4.78 is 6.09. The second-order valence-corrected chi connectivity index (χ2v) is 8.49. The highest BCUT2D eigenvalue weighted by Crippen LogP contribution is 2.31. The number of benzene rings is 1. The molecule has 2 aliphatic rings. The third-order valence-corrected chi connectivity index (χ3v) is 6.03. The first-order chi connectivity index (χ1) is 15.7. The van der Waals surface area contributed by atoms with Crippen molar-refractivity contribution in [3.63, 3.8) is 0 Å². The third-order valence-electron chi connectivity index (χ3n) is 6.03. The maximum atomic E-state index is 12.1. The van der Waals surface area contributed by atoms with Crippen LogP contribution in [0.15, 0.2) is 47.6 Å². The molecule has 1 aliphatic heterocycles. The van der Waals surface area contributed by atoms with E-state index in [-0.39, 0.29) is 17.9 Å². The molecular weight excluding hydrogens is 402 g/mol. The van der Waals surface area contributed by atoms with E-state index in [0.717, 1.165) is 42.2 Å². The molecule has 1 aliphatic carbocycles. The summed E-state index contributed by atoms with van der Waals surface area (Å²) in [5.41, 5.74) is 3.12. The summed E-state index contributed by atoms with van der Waals surface area (Å²) in [5, 5.41) is 9.67. The van der Waals surface area contributed by atoms with Gasteiger partial charge in [0, 0.05) is 43.4 Å². The van der Waals surface area contributed by atoms with Crippen molar-refractivity contribution in [1.29, 1.82) is 0 Å². The number of nitrogens with zero attached hydrogens (tertiary/aromatic N) is 2. The number of para-hydroxylation sites is 1. The molecular formula is C25H33N5O2. The monoisotopic (exact) mass is 435 g/mol. The lowest BCUT2D eigenvalue weighted by Crippen LogP contribution is -2.40. The number of aromatic nitrogens is 1. The fourth-order valence-corrected chi connectivity index (χ4v) is 4.38. The number of hydrogen-bond acceptors (Lipinski definition) is 4. The average Bonchev–Trinajstić information content (AvgIpc) is 2.81. The van der Waals surface area contributed by atoms with Crippen LogP contribution in [0.5, 0.6) is 5.88 Å². The van der Waals surface area contributed by atoms with Crippen LogP contribution >= 0.6 is 0 Å². The van der Waals surface area contributed by atoms with Crippen molar-refractivity contribution in [2.24, 2.45) is 4.99 Å². The summed E-state index contributed by atoms with van der Waals surface area (Å²) in [6.45, 7) is 3.98. The highest BCUT2D eigenvalue weighted by Gasteiger charge is 2.24. The number of amides is 1. The van der Waals surface area contributed by atoms with E-state index in [1.807, 2.05) is 37.3 Å². The standard InChI is InChI=1S/C25H33N5O2/c1-2-26-25(29-17-19-15-23(31)30-22-11-7-6-10-21(19)22)28-16-18-12-13-27-24(14-18)32-20-8-4-3-5-9-20/h6-7,10-14,19-20H,2-5,8-9,15-17H2,1H3,(H,30,31)(H2,26,28,29). The van der Waals surface area contributed by atoms with E-state index in [1.54, 1.807) is 6.20 Å². The lowest BCUT2D eigenvalue weighted by molar-refractivity contribution is -0.116. The average molecular weight is 436 g/mol. The molecule has 1 saturated carbocycles. The molecule has 1 amide bonds. The zero-order valence-corrected chi connectivity index (χ0v) is 18.8. The Labute approximate surface area is 190 Å². The van der Waals surface area contributed by atoms with Crippen LogP contribution in [-0.4, -0.2) is 36.0 Å². The summed E-state index contributed by atoms with van der Waals surface area (Å²) in [7, 11) is 0. The Balaban J connectivity index is 1.37. The van der Waals surface area contributed by atoms with Gasteiger partial charge >= 0.3 is 0 Å². The summed E-state index contributed by atoms with van der Waals surface area (Å²) in [4.78, 5) is 21.2. The SMILES string of the molecule is CCNC(=NCc1ccnc(OC2CCCCC2)c1)NCC1CC(=O)Nc2ccccc21. The molecule has 1 aromatic carbocycles. The number of aliphatic imine (C=N–C) groups is 1. The molecule has 1 aromatic heterocycles. The van der Waals surface area contributed by atoms with Gasteiger partial charge in [-0.3, -0.25) is 4.79 Å². The molecule has 0 bridgehead atoms. The first-order valence-corrected chi connectivity index (χ1v) is 11.7. The predicted octanol–water partition coefficient (Wildman–Crippen LogP) is 3.97. The molecule has 2 heterocycles. The summed E-state index contributed by atoms with van der Waals surface area (Å²) >= 11 is 0. The van der Waals surface area contributed by atoms with Crippen LogP contribution in [0.25, 0.3) is 0 Å². The molecule has 0 spiro atoms. The van der Waals surface area contributed by atoms with Crippen LogP contribution in [0, 0.1) is 0 Å². The number of rotatable bonds is 7. The van der Waals surface area contributed by atoms with E-state index in [9.17, 15) is 4.79 Å². The zero-order chi connectivity index (χ0) is 22.2. The summed E-state index contributed by atoms with van der Waals surface area (Å²) in [6, 6.07) is 12.0. The van der Waals surface area contributed by atoms with Crippen molar-refractivity contribution in [2.75, 3.05) is 18.4 Å². The van der Waals surface area contributed by atoms with Crippen molar-refractivity contribution < 1.29 is 9.53 Å². The van der Waals surface area contributed by atoms with Crippen LogP contribution in [0.2, 0.25) is 0 Å². The van der Waals surface area contributed by atoms with Gasteiger partial charge in [-0.25, -0.2) is 9.98 Å². The van der Waals surface area contributed by atoms with Crippen molar-refractivity contribution in [1.82, 2.24) is 15.6 Å². The molecule has 1 atom stereocenters. The Hall–Kier alpha value is -3.09. The van der Waals surface area contributed by atoms with Crippen LogP contribution in [-0.2, 0) is 11.3 Å². The van der Waals surface area contributed by atoms with Gasteiger partial charge in [-0.1, -0.05) is 24.6 Å². The van der Waals surface area contributed by atoms with Crippen LogP contribution in [0.1, 0.15) is 62.5 Å². The van der Waals surface area contributed by atoms with Gasteiger partial charge in [0.05, 0.1) is 6.54 Å². The van der Waals surface area contributed by atoms with Gasteiger partial charge in [0.1, 0.15) is 6.10 Å². The molecule has 1 fully saturated rings. The molecule has 1 unspecified atom stereocenters. The molecule has 2 aromatic rings. The fourth-order valence-electron chi connectivity index (χ4n) is 4.38. The Morgan fingerprint density at radius 3 is 2.88 bits per heavy atom. The first-order valence-electron chi connectivity index (χ1n) is 11.7. The number of hydrogen-bond donors (Lipinski definition) is 3. The Morgan fingerprint density at radius 1 is 1.19 bits per heavy atom. The minimum Gasteiger partial charge on any atom is -0.474 e. The molecule has 3 N–H and O–H groups in total. The molecule has 7 nitrogen and oxygen atoms in total.